The molecule has 2 heterocycles. The van der Waals surface area contributed by atoms with Crippen molar-refractivity contribution in [1.29, 1.82) is 0 Å². The van der Waals surface area contributed by atoms with Crippen LogP contribution in [0.2, 0.25) is 0 Å². The van der Waals surface area contributed by atoms with Gasteiger partial charge in [-0.1, -0.05) is 26.7 Å². The lowest BCUT2D eigenvalue weighted by Gasteiger charge is -2.34. The lowest BCUT2D eigenvalue weighted by molar-refractivity contribution is 0.0420. The lowest BCUT2D eigenvalue weighted by Crippen LogP contribution is -2.49. The summed E-state index contributed by atoms with van der Waals surface area (Å²) < 4.78 is 11.1. The number of guanidine groups is 1. The minimum atomic E-state index is 0.299. The van der Waals surface area contributed by atoms with Crippen molar-refractivity contribution in [3.63, 3.8) is 0 Å². The van der Waals surface area contributed by atoms with E-state index >= 15 is 0 Å². The van der Waals surface area contributed by atoms with Crippen LogP contribution >= 0.6 is 0 Å². The van der Waals surface area contributed by atoms with E-state index in [0.29, 0.717) is 18.1 Å². The molecule has 0 aromatic heterocycles. The highest BCUT2D eigenvalue weighted by atomic mass is 16.5. The van der Waals surface area contributed by atoms with Crippen molar-refractivity contribution in [2.24, 2.45) is 10.9 Å². The van der Waals surface area contributed by atoms with Gasteiger partial charge >= 0.3 is 0 Å². The van der Waals surface area contributed by atoms with Gasteiger partial charge in [0.2, 0.25) is 0 Å². The Morgan fingerprint density at radius 2 is 1.96 bits per heavy atom. The van der Waals surface area contributed by atoms with E-state index in [2.05, 4.69) is 34.4 Å². The first-order valence-electron chi connectivity index (χ1n) is 10.6. The minimum absolute atomic E-state index is 0.299. The van der Waals surface area contributed by atoms with E-state index in [9.17, 15) is 0 Å². The first-order chi connectivity index (χ1) is 12.7. The third-order valence-electron chi connectivity index (χ3n) is 5.44. The van der Waals surface area contributed by atoms with E-state index in [1.165, 1.54) is 38.8 Å². The van der Waals surface area contributed by atoms with Gasteiger partial charge in [-0.3, -0.25) is 9.89 Å². The van der Waals surface area contributed by atoms with Gasteiger partial charge in [0.15, 0.2) is 5.96 Å². The van der Waals surface area contributed by atoms with E-state index in [4.69, 9.17) is 9.47 Å². The Bertz CT molecular complexity index is 389. The fraction of sp³-hybridized carbons (Fsp3) is 0.950. The Balaban J connectivity index is 1.64. The molecule has 6 heteroatoms. The fourth-order valence-electron chi connectivity index (χ4n) is 3.81. The van der Waals surface area contributed by atoms with Crippen molar-refractivity contribution < 1.29 is 9.47 Å². The maximum absolute atomic E-state index is 5.81. The molecule has 2 N–H and O–H groups in total. The van der Waals surface area contributed by atoms with Gasteiger partial charge in [0, 0.05) is 39.4 Å². The zero-order valence-electron chi connectivity index (χ0n) is 17.1. The molecule has 0 spiro atoms. The standard InChI is InChI=1S/C20H40N4O2/c1-17(2)19(24-11-6-4-5-7-12-24)15-23-20(21-3)22-10-8-13-26-18-9-14-25-16-18/h17-19H,4-16H2,1-3H3,(H2,21,22,23). The van der Waals surface area contributed by atoms with Crippen molar-refractivity contribution in [1.82, 2.24) is 15.5 Å². The second-order valence-electron chi connectivity index (χ2n) is 7.85. The second-order valence-corrected chi connectivity index (χ2v) is 7.85. The predicted octanol–water partition coefficient (Wildman–Crippen LogP) is 2.25. The Kier molecular flexibility index (Phi) is 10.3. The summed E-state index contributed by atoms with van der Waals surface area (Å²) in [6, 6.07) is 0.567. The van der Waals surface area contributed by atoms with Crippen LogP contribution in [0.15, 0.2) is 4.99 Å². The van der Waals surface area contributed by atoms with Gasteiger partial charge in [-0.25, -0.2) is 0 Å². The first kappa shape index (κ1) is 21.5. The van der Waals surface area contributed by atoms with Gasteiger partial charge in [0.05, 0.1) is 12.7 Å². The van der Waals surface area contributed by atoms with Crippen LogP contribution in [0.25, 0.3) is 0 Å². The summed E-state index contributed by atoms with van der Waals surface area (Å²) in [5.74, 6) is 1.54. The molecule has 0 saturated carbocycles. The maximum atomic E-state index is 5.81. The van der Waals surface area contributed by atoms with Gasteiger partial charge < -0.3 is 20.1 Å². The zero-order valence-corrected chi connectivity index (χ0v) is 17.1. The van der Waals surface area contributed by atoms with Crippen molar-refractivity contribution in [3.05, 3.63) is 0 Å². The van der Waals surface area contributed by atoms with Crippen LogP contribution < -0.4 is 10.6 Å². The largest absolute Gasteiger partial charge is 0.379 e. The number of hydrogen-bond acceptors (Lipinski definition) is 4. The molecule has 0 bridgehead atoms. The van der Waals surface area contributed by atoms with Crippen LogP contribution in [0.4, 0.5) is 0 Å². The van der Waals surface area contributed by atoms with Gasteiger partial charge in [0.1, 0.15) is 0 Å². The molecule has 2 unspecified atom stereocenters. The summed E-state index contributed by atoms with van der Waals surface area (Å²) in [5, 5.41) is 6.95. The van der Waals surface area contributed by atoms with E-state index in [0.717, 1.165) is 51.7 Å². The highest BCUT2D eigenvalue weighted by Gasteiger charge is 2.22. The third kappa shape index (κ3) is 7.80. The molecule has 0 radical (unpaired) electrons. The second kappa shape index (κ2) is 12.5. The highest BCUT2D eigenvalue weighted by Crippen LogP contribution is 2.17. The van der Waals surface area contributed by atoms with E-state index in [1.54, 1.807) is 0 Å². The van der Waals surface area contributed by atoms with Gasteiger partial charge in [0.25, 0.3) is 0 Å². The Morgan fingerprint density at radius 1 is 1.19 bits per heavy atom. The van der Waals surface area contributed by atoms with E-state index in [1.807, 2.05) is 7.05 Å². The number of rotatable bonds is 9. The molecule has 2 saturated heterocycles. The van der Waals surface area contributed by atoms with Crippen LogP contribution in [0.5, 0.6) is 0 Å². The predicted molar refractivity (Wildman–Crippen MR) is 108 cm³/mol. The molecule has 6 nitrogen and oxygen atoms in total. The molecule has 0 aromatic carbocycles. The molecule has 0 aliphatic carbocycles. The Hall–Kier alpha value is -0.850. The molecule has 2 atom stereocenters. The summed E-state index contributed by atoms with van der Waals surface area (Å²) in [5.41, 5.74) is 0. The molecule has 2 aliphatic heterocycles. The average molecular weight is 369 g/mol. The Morgan fingerprint density at radius 3 is 2.58 bits per heavy atom. The lowest BCUT2D eigenvalue weighted by atomic mass is 10.0. The smallest absolute Gasteiger partial charge is 0.191 e. The minimum Gasteiger partial charge on any atom is -0.379 e. The van der Waals surface area contributed by atoms with Gasteiger partial charge in [-0.15, -0.1) is 0 Å². The summed E-state index contributed by atoms with van der Waals surface area (Å²) >= 11 is 0. The number of hydrogen-bond donors (Lipinski definition) is 2. The van der Waals surface area contributed by atoms with Crippen molar-refractivity contribution >= 4 is 5.96 Å². The summed E-state index contributed by atoms with van der Waals surface area (Å²) in [4.78, 5) is 7.05. The van der Waals surface area contributed by atoms with Crippen molar-refractivity contribution in [2.45, 2.75) is 64.5 Å². The van der Waals surface area contributed by atoms with Crippen molar-refractivity contribution in [2.75, 3.05) is 53.0 Å². The molecule has 2 aliphatic rings. The maximum Gasteiger partial charge on any atom is 0.191 e. The van der Waals surface area contributed by atoms with Crippen LogP contribution in [0, 0.1) is 5.92 Å². The third-order valence-corrected chi connectivity index (χ3v) is 5.44. The number of nitrogens with one attached hydrogen (secondary N) is 2. The molecule has 152 valence electrons. The molecular formula is C20H40N4O2. The fourth-order valence-corrected chi connectivity index (χ4v) is 3.81. The van der Waals surface area contributed by atoms with Gasteiger partial charge in [-0.05, 0) is 44.7 Å². The monoisotopic (exact) mass is 368 g/mol. The van der Waals surface area contributed by atoms with Crippen LogP contribution in [-0.4, -0.2) is 76.1 Å². The quantitative estimate of drug-likeness (QED) is 0.371. The summed E-state index contributed by atoms with van der Waals surface area (Å²) in [7, 11) is 1.85. The van der Waals surface area contributed by atoms with E-state index < -0.39 is 0 Å². The average Bonchev–Trinajstić information content (AvgIpc) is 3.01. The Labute approximate surface area is 160 Å². The summed E-state index contributed by atoms with van der Waals surface area (Å²) in [6.45, 7) is 11.3. The first-order valence-corrected chi connectivity index (χ1v) is 10.6. The van der Waals surface area contributed by atoms with Crippen LogP contribution in [0.3, 0.4) is 0 Å². The van der Waals surface area contributed by atoms with Crippen molar-refractivity contribution in [3.8, 4) is 0 Å². The van der Waals surface area contributed by atoms with Crippen LogP contribution in [-0.2, 0) is 9.47 Å². The number of ether oxygens (including phenoxy) is 2. The van der Waals surface area contributed by atoms with E-state index in [-0.39, 0.29) is 0 Å². The molecular weight excluding hydrogens is 328 g/mol. The topological polar surface area (TPSA) is 58.1 Å². The molecule has 0 amide bonds. The molecule has 2 fully saturated rings. The molecule has 0 aromatic rings. The SMILES string of the molecule is CN=C(NCCCOC1CCOC1)NCC(C(C)C)N1CCCCCC1. The number of likely N-dealkylation sites (tertiary alicyclic amines) is 1. The van der Waals surface area contributed by atoms with Gasteiger partial charge in [-0.2, -0.15) is 0 Å². The number of nitrogens with zero attached hydrogens (tertiary/aromatic N) is 2. The molecule has 2 rings (SSSR count). The normalized spacial score (nSPS) is 23.8. The zero-order chi connectivity index (χ0) is 18.6. The molecule has 26 heavy (non-hydrogen) atoms. The van der Waals surface area contributed by atoms with Crippen LogP contribution in [0.1, 0.15) is 52.4 Å². The summed E-state index contributed by atoms with van der Waals surface area (Å²) in [6.07, 6.45) is 7.75. The number of aliphatic imine (C=N–C) groups is 1. The highest BCUT2D eigenvalue weighted by molar-refractivity contribution is 5.79.